The summed E-state index contributed by atoms with van der Waals surface area (Å²) in [5, 5.41) is 9.00. The molecule has 0 aliphatic rings. The van der Waals surface area contributed by atoms with Crippen LogP contribution in [0.2, 0.25) is 0 Å². The predicted molar refractivity (Wildman–Crippen MR) is 75.5 cm³/mol. The van der Waals surface area contributed by atoms with Gasteiger partial charge in [-0.1, -0.05) is 36.4 Å². The van der Waals surface area contributed by atoms with E-state index in [2.05, 4.69) is 0 Å². The number of hydrogen-bond donors (Lipinski definition) is 1. The second-order valence-corrected chi connectivity index (χ2v) is 4.44. The summed E-state index contributed by atoms with van der Waals surface area (Å²) in [6, 6.07) is 14.9. The van der Waals surface area contributed by atoms with Gasteiger partial charge in [0.15, 0.2) is 0 Å². The second kappa shape index (κ2) is 6.34. The van der Waals surface area contributed by atoms with Crippen LogP contribution in [0.1, 0.15) is 18.1 Å². The number of halogens is 1. The molecule has 0 atom stereocenters. The molecular formula is C16H18FNO. The summed E-state index contributed by atoms with van der Waals surface area (Å²) in [5.41, 5.74) is 2.32. The molecule has 2 aromatic rings. The quantitative estimate of drug-likeness (QED) is 0.890. The maximum Gasteiger partial charge on any atom is 0.146 e. The van der Waals surface area contributed by atoms with E-state index >= 15 is 0 Å². The molecule has 0 unspecified atom stereocenters. The Morgan fingerprint density at radius 2 is 1.79 bits per heavy atom. The predicted octanol–water partition coefficient (Wildman–Crippen LogP) is 3.34. The van der Waals surface area contributed by atoms with Gasteiger partial charge in [0.05, 0.1) is 12.3 Å². The van der Waals surface area contributed by atoms with Gasteiger partial charge in [-0.15, -0.1) is 0 Å². The minimum atomic E-state index is -0.288. The van der Waals surface area contributed by atoms with Crippen LogP contribution >= 0.6 is 0 Å². The zero-order chi connectivity index (χ0) is 13.7. The third-order valence-electron chi connectivity index (χ3n) is 3.13. The Bertz CT molecular complexity index is 528. The molecule has 0 radical (unpaired) electrons. The normalized spacial score (nSPS) is 10.5. The van der Waals surface area contributed by atoms with Crippen LogP contribution in [0.15, 0.2) is 48.5 Å². The minimum Gasteiger partial charge on any atom is -0.392 e. The van der Waals surface area contributed by atoms with E-state index in [1.54, 1.807) is 12.1 Å². The number of aliphatic hydroxyl groups excluding tert-OH is 1. The number of hydrogen-bond acceptors (Lipinski definition) is 2. The second-order valence-electron chi connectivity index (χ2n) is 4.44. The van der Waals surface area contributed by atoms with Gasteiger partial charge in [0, 0.05) is 13.1 Å². The Morgan fingerprint density at radius 3 is 2.37 bits per heavy atom. The molecule has 0 amide bonds. The van der Waals surface area contributed by atoms with Crippen molar-refractivity contribution in [2.45, 2.75) is 20.1 Å². The van der Waals surface area contributed by atoms with Crippen LogP contribution in [0.3, 0.4) is 0 Å². The first-order chi connectivity index (χ1) is 9.24. The van der Waals surface area contributed by atoms with E-state index in [9.17, 15) is 4.39 Å². The van der Waals surface area contributed by atoms with E-state index in [1.165, 1.54) is 6.07 Å². The Morgan fingerprint density at radius 1 is 1.05 bits per heavy atom. The molecule has 0 aliphatic carbocycles. The molecule has 0 heterocycles. The molecule has 100 valence electrons. The van der Waals surface area contributed by atoms with Crippen LogP contribution < -0.4 is 4.90 Å². The van der Waals surface area contributed by atoms with Crippen molar-refractivity contribution >= 4 is 5.69 Å². The Hall–Kier alpha value is -1.87. The van der Waals surface area contributed by atoms with Crippen LogP contribution in [-0.2, 0) is 13.2 Å². The van der Waals surface area contributed by atoms with Crippen LogP contribution in [-0.4, -0.2) is 11.7 Å². The van der Waals surface area contributed by atoms with E-state index in [1.807, 2.05) is 42.2 Å². The summed E-state index contributed by atoms with van der Waals surface area (Å²) in [6.07, 6.45) is 0. The highest BCUT2D eigenvalue weighted by atomic mass is 19.1. The lowest BCUT2D eigenvalue weighted by Gasteiger charge is -2.24. The summed E-state index contributed by atoms with van der Waals surface area (Å²) in [6.45, 7) is 3.27. The SMILES string of the molecule is CCN(Cc1ccccc1)c1ccc(CO)cc1F. The summed E-state index contributed by atoms with van der Waals surface area (Å²) in [5.74, 6) is -0.288. The lowest BCUT2D eigenvalue weighted by Crippen LogP contribution is -2.23. The number of benzene rings is 2. The number of anilines is 1. The molecule has 0 bridgehead atoms. The van der Waals surface area contributed by atoms with Gasteiger partial charge in [0.25, 0.3) is 0 Å². The standard InChI is InChI=1S/C16H18FNO/c1-2-18(11-13-6-4-3-5-7-13)16-9-8-14(12-19)10-15(16)17/h3-10,19H,2,11-12H2,1H3. The lowest BCUT2D eigenvalue weighted by molar-refractivity contribution is 0.281. The fourth-order valence-electron chi connectivity index (χ4n) is 2.08. The number of aliphatic hydroxyl groups is 1. The maximum atomic E-state index is 14.0. The van der Waals surface area contributed by atoms with Crippen LogP contribution in [0.5, 0.6) is 0 Å². The zero-order valence-electron chi connectivity index (χ0n) is 11.0. The highest BCUT2D eigenvalue weighted by Crippen LogP contribution is 2.22. The number of nitrogens with zero attached hydrogens (tertiary/aromatic N) is 1. The first-order valence-corrected chi connectivity index (χ1v) is 6.42. The molecule has 0 aliphatic heterocycles. The first-order valence-electron chi connectivity index (χ1n) is 6.42. The third-order valence-corrected chi connectivity index (χ3v) is 3.13. The monoisotopic (exact) mass is 259 g/mol. The molecule has 0 saturated heterocycles. The van der Waals surface area contributed by atoms with Crippen molar-refractivity contribution < 1.29 is 9.50 Å². The van der Waals surface area contributed by atoms with Gasteiger partial charge in [-0.05, 0) is 30.2 Å². The van der Waals surface area contributed by atoms with Crippen molar-refractivity contribution in [3.05, 3.63) is 65.5 Å². The van der Waals surface area contributed by atoms with Crippen molar-refractivity contribution in [3.8, 4) is 0 Å². The van der Waals surface area contributed by atoms with Gasteiger partial charge in [-0.3, -0.25) is 0 Å². The number of rotatable bonds is 5. The van der Waals surface area contributed by atoms with Crippen LogP contribution in [0, 0.1) is 5.82 Å². The summed E-state index contributed by atoms with van der Waals surface area (Å²) in [4.78, 5) is 1.98. The molecule has 2 nitrogen and oxygen atoms in total. The van der Waals surface area contributed by atoms with Gasteiger partial charge >= 0.3 is 0 Å². The Kier molecular flexibility index (Phi) is 4.53. The molecular weight excluding hydrogens is 241 g/mol. The van der Waals surface area contributed by atoms with Gasteiger partial charge in [0.2, 0.25) is 0 Å². The third kappa shape index (κ3) is 3.32. The average molecular weight is 259 g/mol. The largest absolute Gasteiger partial charge is 0.392 e. The maximum absolute atomic E-state index is 14.0. The molecule has 0 spiro atoms. The van der Waals surface area contributed by atoms with Crippen molar-refractivity contribution in [1.29, 1.82) is 0 Å². The van der Waals surface area contributed by atoms with Crippen molar-refractivity contribution in [1.82, 2.24) is 0 Å². The van der Waals surface area contributed by atoms with Crippen LogP contribution in [0.4, 0.5) is 10.1 Å². The Balaban J connectivity index is 2.22. The van der Waals surface area contributed by atoms with E-state index in [4.69, 9.17) is 5.11 Å². The molecule has 1 N–H and O–H groups in total. The molecule has 3 heteroatoms. The molecule has 0 fully saturated rings. The first kappa shape index (κ1) is 13.6. The van der Waals surface area contributed by atoms with E-state index in [0.717, 1.165) is 12.1 Å². The summed E-state index contributed by atoms with van der Waals surface area (Å²) < 4.78 is 14.0. The molecule has 0 aromatic heterocycles. The van der Waals surface area contributed by atoms with Gasteiger partial charge in [0.1, 0.15) is 5.82 Å². The fourth-order valence-corrected chi connectivity index (χ4v) is 2.08. The van der Waals surface area contributed by atoms with Crippen LogP contribution in [0.25, 0.3) is 0 Å². The zero-order valence-corrected chi connectivity index (χ0v) is 11.0. The van der Waals surface area contributed by atoms with Crippen molar-refractivity contribution in [2.75, 3.05) is 11.4 Å². The van der Waals surface area contributed by atoms with E-state index < -0.39 is 0 Å². The van der Waals surface area contributed by atoms with E-state index in [-0.39, 0.29) is 12.4 Å². The minimum absolute atomic E-state index is 0.137. The van der Waals surface area contributed by atoms with Gasteiger partial charge < -0.3 is 10.0 Å². The Labute approximate surface area is 113 Å². The molecule has 2 rings (SSSR count). The summed E-state index contributed by atoms with van der Waals surface area (Å²) >= 11 is 0. The van der Waals surface area contributed by atoms with Crippen molar-refractivity contribution in [3.63, 3.8) is 0 Å². The topological polar surface area (TPSA) is 23.5 Å². The highest BCUT2D eigenvalue weighted by molar-refractivity contribution is 5.49. The lowest BCUT2D eigenvalue weighted by atomic mass is 10.1. The molecule has 2 aromatic carbocycles. The van der Waals surface area contributed by atoms with Gasteiger partial charge in [-0.25, -0.2) is 4.39 Å². The summed E-state index contributed by atoms with van der Waals surface area (Å²) in [7, 11) is 0. The molecule has 19 heavy (non-hydrogen) atoms. The van der Waals surface area contributed by atoms with Gasteiger partial charge in [-0.2, -0.15) is 0 Å². The van der Waals surface area contributed by atoms with E-state index in [0.29, 0.717) is 17.8 Å². The fraction of sp³-hybridized carbons (Fsp3) is 0.250. The molecule has 0 saturated carbocycles. The highest BCUT2D eigenvalue weighted by Gasteiger charge is 2.11. The van der Waals surface area contributed by atoms with Crippen molar-refractivity contribution in [2.24, 2.45) is 0 Å². The average Bonchev–Trinajstić information content (AvgIpc) is 2.46. The smallest absolute Gasteiger partial charge is 0.146 e.